The molecule has 0 spiro atoms. The highest BCUT2D eigenvalue weighted by Crippen LogP contribution is 2.56. The summed E-state index contributed by atoms with van der Waals surface area (Å²) in [4.78, 5) is 20.9. The summed E-state index contributed by atoms with van der Waals surface area (Å²) in [6.07, 6.45) is 2.59. The molecule has 1 saturated carbocycles. The number of piperidine rings is 2. The number of likely N-dealkylation sites (tertiary alicyclic amines) is 2. The minimum atomic E-state index is -4.14. The third-order valence-electron chi connectivity index (χ3n) is 8.55. The van der Waals surface area contributed by atoms with Gasteiger partial charge >= 0.3 is 6.18 Å². The molecule has 0 bridgehead atoms. The van der Waals surface area contributed by atoms with E-state index in [1.54, 1.807) is 29.3 Å². The monoisotopic (exact) mass is 531 g/mol. The predicted molar refractivity (Wildman–Crippen MR) is 138 cm³/mol. The Kier molecular flexibility index (Phi) is 7.95. The topological polar surface area (TPSA) is 65.9 Å². The molecule has 1 aromatic carbocycles. The van der Waals surface area contributed by atoms with Crippen molar-refractivity contribution in [2.24, 2.45) is 5.41 Å². The molecule has 9 heteroatoms. The van der Waals surface area contributed by atoms with Gasteiger partial charge in [0.1, 0.15) is 6.73 Å². The lowest BCUT2D eigenvalue weighted by Crippen LogP contribution is -2.51. The van der Waals surface area contributed by atoms with Crippen molar-refractivity contribution in [3.63, 3.8) is 0 Å². The number of amides is 1. The van der Waals surface area contributed by atoms with Gasteiger partial charge in [0.2, 0.25) is 5.88 Å². The Balaban J connectivity index is 1.17. The minimum Gasteiger partial charge on any atom is -0.461 e. The summed E-state index contributed by atoms with van der Waals surface area (Å²) in [5.74, 6) is 0.356. The van der Waals surface area contributed by atoms with Crippen LogP contribution in [0, 0.1) is 5.41 Å². The molecule has 38 heavy (non-hydrogen) atoms. The van der Waals surface area contributed by atoms with Crippen molar-refractivity contribution in [1.82, 2.24) is 14.8 Å². The number of rotatable bonds is 7. The number of nitrogens with zero attached hydrogens (tertiary/aromatic N) is 3. The number of aliphatic hydroxyl groups excluding tert-OH is 1. The van der Waals surface area contributed by atoms with Gasteiger partial charge in [0.05, 0.1) is 11.5 Å². The Hall–Kier alpha value is -2.65. The maximum Gasteiger partial charge on any atom is 0.394 e. The molecule has 206 valence electrons. The van der Waals surface area contributed by atoms with E-state index in [1.807, 2.05) is 23.1 Å². The van der Waals surface area contributed by atoms with Crippen LogP contribution in [0.4, 0.5) is 13.2 Å². The van der Waals surface area contributed by atoms with Crippen molar-refractivity contribution >= 4 is 5.91 Å². The van der Waals surface area contributed by atoms with Crippen LogP contribution in [0.5, 0.6) is 5.88 Å². The lowest BCUT2D eigenvalue weighted by molar-refractivity contribution is -0.258. The molecule has 2 aliphatic heterocycles. The second kappa shape index (κ2) is 11.2. The highest BCUT2D eigenvalue weighted by molar-refractivity contribution is 5.94. The second-order valence-electron chi connectivity index (χ2n) is 11.1. The Morgan fingerprint density at radius 2 is 1.76 bits per heavy atom. The Bertz CT molecular complexity index is 1090. The maximum absolute atomic E-state index is 13.7. The smallest absolute Gasteiger partial charge is 0.394 e. The summed E-state index contributed by atoms with van der Waals surface area (Å²) in [7, 11) is 0. The summed E-state index contributed by atoms with van der Waals surface area (Å²) >= 11 is 0. The number of benzene rings is 1. The van der Waals surface area contributed by atoms with Crippen LogP contribution in [-0.2, 0) is 0 Å². The average Bonchev–Trinajstić information content (AvgIpc) is 2.89. The standard InChI is InChI=1S/C29H36F3N3O3/c30-29(31,32)28(13-4-14-28)17-24-5-1-2-15-35(24)20-38-26-12-11-23(18-33-26)21-7-9-22(10-8-21)27(37)34-16-3-6-25(36)19-34/h7-12,18,24-25,36H,1-6,13-17,19-20H2/t24?,25-/m0/s1. The second-order valence-corrected chi connectivity index (χ2v) is 11.1. The van der Waals surface area contributed by atoms with Gasteiger partial charge in [-0.15, -0.1) is 0 Å². The highest BCUT2D eigenvalue weighted by Gasteiger charge is 2.58. The van der Waals surface area contributed by atoms with Crippen LogP contribution < -0.4 is 4.74 Å². The van der Waals surface area contributed by atoms with E-state index in [4.69, 9.17) is 4.74 Å². The lowest BCUT2D eigenvalue weighted by Gasteiger charge is -2.48. The zero-order valence-corrected chi connectivity index (χ0v) is 21.6. The fraction of sp³-hybridized carbons (Fsp3) is 0.586. The van der Waals surface area contributed by atoms with E-state index in [1.165, 1.54) is 0 Å². The molecule has 3 heterocycles. The number of aromatic nitrogens is 1. The maximum atomic E-state index is 13.7. The van der Waals surface area contributed by atoms with Crippen molar-refractivity contribution in [2.75, 3.05) is 26.4 Å². The van der Waals surface area contributed by atoms with Gasteiger partial charge in [0.15, 0.2) is 0 Å². The Morgan fingerprint density at radius 1 is 1.00 bits per heavy atom. The van der Waals surface area contributed by atoms with E-state index in [2.05, 4.69) is 4.98 Å². The summed E-state index contributed by atoms with van der Waals surface area (Å²) in [5, 5.41) is 9.85. The number of carbonyl (C=O) groups is 1. The number of halogens is 3. The van der Waals surface area contributed by atoms with Crippen molar-refractivity contribution in [1.29, 1.82) is 0 Å². The summed E-state index contributed by atoms with van der Waals surface area (Å²) in [6, 6.07) is 10.9. The molecule has 1 aliphatic carbocycles. The van der Waals surface area contributed by atoms with E-state index in [-0.39, 0.29) is 37.9 Å². The van der Waals surface area contributed by atoms with Crippen molar-refractivity contribution in [3.8, 4) is 17.0 Å². The van der Waals surface area contributed by atoms with Gasteiger partial charge in [-0.25, -0.2) is 4.98 Å². The van der Waals surface area contributed by atoms with Gasteiger partial charge < -0.3 is 14.7 Å². The van der Waals surface area contributed by atoms with Crippen LogP contribution in [0.1, 0.15) is 68.1 Å². The van der Waals surface area contributed by atoms with E-state index >= 15 is 0 Å². The lowest BCUT2D eigenvalue weighted by atomic mass is 9.64. The first-order valence-electron chi connectivity index (χ1n) is 13.7. The zero-order valence-electron chi connectivity index (χ0n) is 21.6. The first-order valence-corrected chi connectivity index (χ1v) is 13.7. The summed E-state index contributed by atoms with van der Waals surface area (Å²) in [6.45, 7) is 1.99. The number of pyridine rings is 1. The van der Waals surface area contributed by atoms with Crippen LogP contribution in [-0.4, -0.2) is 70.5 Å². The number of hydrogen-bond donors (Lipinski definition) is 1. The van der Waals surface area contributed by atoms with Crippen LogP contribution in [0.3, 0.4) is 0 Å². The molecule has 2 saturated heterocycles. The van der Waals surface area contributed by atoms with Crippen LogP contribution in [0.25, 0.3) is 11.1 Å². The molecule has 5 rings (SSSR count). The molecular formula is C29H36F3N3O3. The SMILES string of the molecule is O=C(c1ccc(-c2ccc(OCN3CCCCC3CC3(C(F)(F)F)CCC3)nc2)cc1)N1CCC[C@H](O)C1. The van der Waals surface area contributed by atoms with Gasteiger partial charge in [-0.2, -0.15) is 13.2 Å². The number of alkyl halides is 3. The molecule has 1 aromatic heterocycles. The largest absolute Gasteiger partial charge is 0.461 e. The third-order valence-corrected chi connectivity index (χ3v) is 8.55. The zero-order chi connectivity index (χ0) is 26.8. The molecule has 0 radical (unpaired) electrons. The van der Waals surface area contributed by atoms with Crippen LogP contribution in [0.15, 0.2) is 42.6 Å². The normalized spacial score (nSPS) is 24.1. The molecule has 6 nitrogen and oxygen atoms in total. The molecule has 1 amide bonds. The number of β-amino-alcohol motifs (C(OH)–C–C–N with tert-alkyl or cyclic N) is 1. The van der Waals surface area contributed by atoms with Gasteiger partial charge in [-0.1, -0.05) is 25.0 Å². The van der Waals surface area contributed by atoms with Crippen molar-refractivity contribution in [3.05, 3.63) is 48.2 Å². The van der Waals surface area contributed by atoms with E-state index in [0.717, 1.165) is 49.8 Å². The number of hydrogen-bond acceptors (Lipinski definition) is 5. The van der Waals surface area contributed by atoms with E-state index < -0.39 is 17.7 Å². The predicted octanol–water partition coefficient (Wildman–Crippen LogP) is 5.66. The van der Waals surface area contributed by atoms with Gasteiger partial charge in [0.25, 0.3) is 5.91 Å². The minimum absolute atomic E-state index is 0.0772. The molecule has 3 fully saturated rings. The first kappa shape index (κ1) is 26.9. The molecule has 3 aliphatic rings. The highest BCUT2D eigenvalue weighted by atomic mass is 19.4. The van der Waals surface area contributed by atoms with E-state index in [9.17, 15) is 23.1 Å². The van der Waals surface area contributed by atoms with Crippen LogP contribution >= 0.6 is 0 Å². The number of carbonyl (C=O) groups excluding carboxylic acids is 1. The number of ether oxygens (including phenoxy) is 1. The van der Waals surface area contributed by atoms with E-state index in [0.29, 0.717) is 31.0 Å². The molecule has 1 N–H and O–H groups in total. The summed E-state index contributed by atoms with van der Waals surface area (Å²) in [5.41, 5.74) is 0.842. The first-order chi connectivity index (χ1) is 18.2. The van der Waals surface area contributed by atoms with Crippen molar-refractivity contribution < 1.29 is 27.8 Å². The van der Waals surface area contributed by atoms with Gasteiger partial charge in [-0.05, 0) is 68.7 Å². The molecule has 2 atom stereocenters. The summed E-state index contributed by atoms with van der Waals surface area (Å²) < 4.78 is 47.1. The Labute approximate surface area is 221 Å². The fourth-order valence-electron chi connectivity index (χ4n) is 6.03. The molecule has 1 unspecified atom stereocenters. The fourth-order valence-corrected chi connectivity index (χ4v) is 6.03. The third kappa shape index (κ3) is 5.83. The van der Waals surface area contributed by atoms with Crippen LogP contribution in [0.2, 0.25) is 0 Å². The average molecular weight is 532 g/mol. The van der Waals surface area contributed by atoms with Gasteiger partial charge in [0, 0.05) is 49.1 Å². The van der Waals surface area contributed by atoms with Crippen molar-refractivity contribution in [2.45, 2.75) is 76.1 Å². The quantitative estimate of drug-likeness (QED) is 0.500. The van der Waals surface area contributed by atoms with Gasteiger partial charge in [-0.3, -0.25) is 9.69 Å². The molecule has 2 aromatic rings. The Morgan fingerprint density at radius 3 is 2.39 bits per heavy atom. The molecular weight excluding hydrogens is 495 g/mol. The number of aliphatic hydroxyl groups is 1.